The average molecular weight is 412 g/mol. The highest BCUT2D eigenvalue weighted by molar-refractivity contribution is 5.81. The van der Waals surface area contributed by atoms with Crippen molar-refractivity contribution in [2.24, 2.45) is 11.8 Å². The van der Waals surface area contributed by atoms with E-state index in [2.05, 4.69) is 10.2 Å². The van der Waals surface area contributed by atoms with Crippen molar-refractivity contribution in [3.8, 4) is 0 Å². The first kappa shape index (κ1) is 23.4. The molecule has 2 aliphatic rings. The summed E-state index contributed by atoms with van der Waals surface area (Å²) in [5.41, 5.74) is -0.627. The molecule has 2 rings (SSSR count). The first-order valence-electron chi connectivity index (χ1n) is 10.7. The molecule has 1 heterocycles. The summed E-state index contributed by atoms with van der Waals surface area (Å²) in [6, 6.07) is -0.748. The average Bonchev–Trinajstić information content (AvgIpc) is 2.56. The van der Waals surface area contributed by atoms with E-state index in [1.165, 1.54) is 6.42 Å². The quantitative estimate of drug-likeness (QED) is 0.645. The third-order valence-corrected chi connectivity index (χ3v) is 5.38. The zero-order valence-electron chi connectivity index (χ0n) is 18.5. The zero-order valence-corrected chi connectivity index (χ0v) is 18.5. The smallest absolute Gasteiger partial charge is 0.408 e. The van der Waals surface area contributed by atoms with Gasteiger partial charge in [-0.05, 0) is 39.5 Å². The monoisotopic (exact) mass is 411 g/mol. The second-order valence-corrected chi connectivity index (χ2v) is 9.33. The molecule has 0 aromatic carbocycles. The molecule has 0 radical (unpaired) electrons. The number of nitrogens with one attached hydrogen (secondary N) is 1. The van der Waals surface area contributed by atoms with Crippen LogP contribution in [0.3, 0.4) is 0 Å². The fraction of sp³-hybridized carbons (Fsp3) is 0.857. The van der Waals surface area contributed by atoms with Crippen molar-refractivity contribution in [1.82, 2.24) is 15.1 Å². The van der Waals surface area contributed by atoms with E-state index < -0.39 is 23.7 Å². The van der Waals surface area contributed by atoms with Crippen LogP contribution in [0, 0.1) is 11.8 Å². The van der Waals surface area contributed by atoms with Crippen LogP contribution in [0.1, 0.15) is 53.9 Å². The zero-order chi connectivity index (χ0) is 21.6. The van der Waals surface area contributed by atoms with Crippen LogP contribution in [-0.2, 0) is 19.1 Å². The number of hydrogen-bond acceptors (Lipinski definition) is 6. The summed E-state index contributed by atoms with van der Waals surface area (Å²) >= 11 is 0. The Balaban J connectivity index is 1.69. The fourth-order valence-corrected chi connectivity index (χ4v) is 3.40. The lowest BCUT2D eigenvalue weighted by Crippen LogP contribution is -2.52. The Morgan fingerprint density at radius 2 is 1.69 bits per heavy atom. The molecule has 8 heteroatoms. The van der Waals surface area contributed by atoms with Crippen molar-refractivity contribution in [3.05, 3.63) is 0 Å². The van der Waals surface area contributed by atoms with Gasteiger partial charge >= 0.3 is 12.1 Å². The lowest BCUT2D eigenvalue weighted by atomic mass is 9.84. The van der Waals surface area contributed by atoms with E-state index in [0.717, 1.165) is 39.0 Å². The maximum atomic E-state index is 12.4. The molecule has 0 bridgehead atoms. The van der Waals surface area contributed by atoms with Gasteiger partial charge in [-0.15, -0.1) is 0 Å². The number of carbonyl (C=O) groups excluding carboxylic acids is 3. The molecule has 166 valence electrons. The van der Waals surface area contributed by atoms with E-state index in [1.807, 2.05) is 18.7 Å². The highest BCUT2D eigenvalue weighted by Crippen LogP contribution is 2.28. The van der Waals surface area contributed by atoms with Gasteiger partial charge in [0.25, 0.3) is 0 Å². The Morgan fingerprint density at radius 1 is 1.07 bits per heavy atom. The van der Waals surface area contributed by atoms with Gasteiger partial charge in [-0.25, -0.2) is 9.59 Å². The first-order valence-corrected chi connectivity index (χ1v) is 10.7. The number of hydrogen-bond donors (Lipinski definition) is 1. The Bertz CT molecular complexity index is 575. The van der Waals surface area contributed by atoms with E-state index in [1.54, 1.807) is 20.8 Å². The number of piperazine rings is 1. The summed E-state index contributed by atoms with van der Waals surface area (Å²) in [5.74, 6) is -0.0241. The molecule has 29 heavy (non-hydrogen) atoms. The van der Waals surface area contributed by atoms with Crippen molar-refractivity contribution in [2.75, 3.05) is 39.3 Å². The van der Waals surface area contributed by atoms with Gasteiger partial charge in [0.2, 0.25) is 5.91 Å². The number of carbonyl (C=O) groups is 3. The number of esters is 1. The molecular formula is C21H37N3O5. The number of rotatable bonds is 7. The van der Waals surface area contributed by atoms with Crippen molar-refractivity contribution in [1.29, 1.82) is 0 Å². The van der Waals surface area contributed by atoms with Crippen LogP contribution < -0.4 is 5.32 Å². The predicted octanol–water partition coefficient (Wildman–Crippen LogP) is 2.02. The van der Waals surface area contributed by atoms with Crippen LogP contribution in [0.5, 0.6) is 0 Å². The summed E-state index contributed by atoms with van der Waals surface area (Å²) in [6.07, 6.45) is 2.61. The number of ether oxygens (including phenoxy) is 2. The molecule has 1 atom stereocenters. The maximum absolute atomic E-state index is 12.4. The van der Waals surface area contributed by atoms with Gasteiger partial charge in [-0.3, -0.25) is 9.69 Å². The fourth-order valence-electron chi connectivity index (χ4n) is 3.40. The summed E-state index contributed by atoms with van der Waals surface area (Å²) in [4.78, 5) is 40.9. The lowest BCUT2D eigenvalue weighted by molar-refractivity contribution is -0.148. The standard InChI is InChI=1S/C21H37N3O5/c1-15(2)17(22-20(27)29-21(3,4)5)19(26)28-14-13-23-9-11-24(12-10-23)18(25)16-7-6-8-16/h15-17H,6-14H2,1-5H3,(H,22,27)/t17-/m0/s1. The molecule has 2 fully saturated rings. The molecule has 8 nitrogen and oxygen atoms in total. The van der Waals surface area contributed by atoms with Crippen molar-refractivity contribution in [2.45, 2.75) is 65.5 Å². The Hall–Kier alpha value is -1.83. The van der Waals surface area contributed by atoms with Crippen molar-refractivity contribution >= 4 is 18.0 Å². The van der Waals surface area contributed by atoms with Gasteiger partial charge in [0.15, 0.2) is 0 Å². The minimum Gasteiger partial charge on any atom is -0.463 e. The molecule has 1 aliphatic carbocycles. The Kier molecular flexibility index (Phi) is 8.31. The van der Waals surface area contributed by atoms with Crippen LogP contribution in [-0.4, -0.2) is 78.7 Å². The van der Waals surface area contributed by atoms with Crippen molar-refractivity contribution in [3.63, 3.8) is 0 Å². The van der Waals surface area contributed by atoms with Crippen LogP contribution in [0.4, 0.5) is 4.79 Å². The number of nitrogens with zero attached hydrogens (tertiary/aromatic N) is 2. The minimum absolute atomic E-state index is 0.115. The summed E-state index contributed by atoms with van der Waals surface area (Å²) in [6.45, 7) is 12.9. The second-order valence-electron chi connectivity index (χ2n) is 9.33. The van der Waals surface area contributed by atoms with Crippen molar-refractivity contribution < 1.29 is 23.9 Å². The molecule has 0 aromatic heterocycles. The Morgan fingerprint density at radius 3 is 2.17 bits per heavy atom. The van der Waals surface area contributed by atoms with Gasteiger partial charge < -0.3 is 19.7 Å². The number of alkyl carbamates (subject to hydrolysis) is 1. The maximum Gasteiger partial charge on any atom is 0.408 e. The van der Waals surface area contributed by atoms with Gasteiger partial charge in [0, 0.05) is 38.6 Å². The largest absolute Gasteiger partial charge is 0.463 e. The van der Waals surface area contributed by atoms with Gasteiger partial charge in [-0.2, -0.15) is 0 Å². The molecule has 1 saturated carbocycles. The van der Waals surface area contributed by atoms with Crippen LogP contribution in [0.25, 0.3) is 0 Å². The minimum atomic E-state index is -0.748. The normalized spacial score (nSPS) is 19.4. The molecular weight excluding hydrogens is 374 g/mol. The molecule has 0 aromatic rings. The molecule has 0 unspecified atom stereocenters. The van der Waals surface area contributed by atoms with Gasteiger partial charge in [0.1, 0.15) is 18.2 Å². The van der Waals surface area contributed by atoms with E-state index in [0.29, 0.717) is 12.5 Å². The van der Waals surface area contributed by atoms with Gasteiger partial charge in [-0.1, -0.05) is 20.3 Å². The summed E-state index contributed by atoms with van der Waals surface area (Å²) in [7, 11) is 0. The molecule has 1 N–H and O–H groups in total. The summed E-state index contributed by atoms with van der Waals surface area (Å²) < 4.78 is 10.6. The van der Waals surface area contributed by atoms with Crippen LogP contribution in [0.2, 0.25) is 0 Å². The number of amides is 2. The van der Waals surface area contributed by atoms with E-state index in [-0.39, 0.29) is 18.4 Å². The summed E-state index contributed by atoms with van der Waals surface area (Å²) in [5, 5.41) is 2.61. The highest BCUT2D eigenvalue weighted by atomic mass is 16.6. The Labute approximate surface area is 174 Å². The topological polar surface area (TPSA) is 88.2 Å². The van der Waals surface area contributed by atoms with E-state index in [9.17, 15) is 14.4 Å². The molecule has 2 amide bonds. The van der Waals surface area contributed by atoms with Gasteiger partial charge in [0.05, 0.1) is 0 Å². The highest BCUT2D eigenvalue weighted by Gasteiger charge is 2.31. The van der Waals surface area contributed by atoms with E-state index in [4.69, 9.17) is 9.47 Å². The predicted molar refractivity (Wildman–Crippen MR) is 109 cm³/mol. The third kappa shape index (κ3) is 7.49. The molecule has 1 saturated heterocycles. The molecule has 1 aliphatic heterocycles. The van der Waals surface area contributed by atoms with E-state index >= 15 is 0 Å². The SMILES string of the molecule is CC(C)[C@H](NC(=O)OC(C)(C)C)C(=O)OCCN1CCN(C(=O)C2CCC2)CC1. The van der Waals surface area contributed by atoms with Crippen LogP contribution in [0.15, 0.2) is 0 Å². The third-order valence-electron chi connectivity index (χ3n) is 5.38. The first-order chi connectivity index (χ1) is 13.6. The molecule has 0 spiro atoms. The lowest BCUT2D eigenvalue weighted by Gasteiger charge is -2.38. The van der Waals surface area contributed by atoms with Crippen LogP contribution >= 0.6 is 0 Å². The second kappa shape index (κ2) is 10.3.